The largest absolute Gasteiger partial charge is 0.467 e. The molecule has 0 N–H and O–H groups in total. The lowest BCUT2D eigenvalue weighted by Gasteiger charge is -2.33. The second-order valence-corrected chi connectivity index (χ2v) is 11.1. The molecule has 30 heavy (non-hydrogen) atoms. The Morgan fingerprint density at radius 1 is 1.10 bits per heavy atom. The smallest absolute Gasteiger partial charge is 0.328 e. The lowest BCUT2D eigenvalue weighted by Crippen LogP contribution is -2.46. The summed E-state index contributed by atoms with van der Waals surface area (Å²) in [7, 11) is -2.30. The summed E-state index contributed by atoms with van der Waals surface area (Å²) in [5.41, 5.74) is 0.274. The van der Waals surface area contributed by atoms with E-state index in [2.05, 4.69) is 15.9 Å². The number of methoxy groups -OCH3 is 1. The zero-order valence-corrected chi connectivity index (χ0v) is 19.5. The van der Waals surface area contributed by atoms with Gasteiger partial charge in [-0.05, 0) is 72.2 Å². The van der Waals surface area contributed by atoms with E-state index in [0.717, 1.165) is 38.5 Å². The number of carbonyl (C=O) groups excluding carboxylic acids is 2. The monoisotopic (exact) mass is 498 g/mol. The van der Waals surface area contributed by atoms with E-state index >= 15 is 0 Å². The molecule has 3 fully saturated rings. The van der Waals surface area contributed by atoms with E-state index in [-0.39, 0.29) is 28.3 Å². The van der Waals surface area contributed by atoms with Crippen molar-refractivity contribution in [2.75, 3.05) is 20.2 Å². The number of hydrogen-bond acceptors (Lipinski definition) is 5. The number of rotatable bonds is 4. The Morgan fingerprint density at radius 2 is 1.80 bits per heavy atom. The normalized spacial score (nSPS) is 27.1. The summed E-state index contributed by atoms with van der Waals surface area (Å²) in [4.78, 5) is 27.9. The van der Waals surface area contributed by atoms with Crippen molar-refractivity contribution in [1.29, 1.82) is 0 Å². The van der Waals surface area contributed by atoms with E-state index in [9.17, 15) is 18.0 Å². The van der Waals surface area contributed by atoms with E-state index in [0.29, 0.717) is 24.0 Å². The predicted octanol–water partition coefficient (Wildman–Crippen LogP) is 3.18. The van der Waals surface area contributed by atoms with Gasteiger partial charge in [0.2, 0.25) is 10.0 Å². The van der Waals surface area contributed by atoms with Crippen LogP contribution in [0.15, 0.2) is 27.6 Å². The molecule has 1 aliphatic carbocycles. The van der Waals surface area contributed by atoms with Crippen LogP contribution in [0.3, 0.4) is 0 Å². The summed E-state index contributed by atoms with van der Waals surface area (Å²) in [6.07, 6.45) is 6.26. The maximum atomic E-state index is 13.6. The highest BCUT2D eigenvalue weighted by molar-refractivity contribution is 9.10. The molecule has 0 aromatic heterocycles. The second-order valence-electron chi connectivity index (χ2n) is 8.35. The van der Waals surface area contributed by atoms with E-state index in [1.807, 2.05) is 0 Å². The summed E-state index contributed by atoms with van der Waals surface area (Å²) in [6.45, 7) is 1.00. The third-order valence-electron chi connectivity index (χ3n) is 6.67. The van der Waals surface area contributed by atoms with Crippen LogP contribution >= 0.6 is 15.9 Å². The highest BCUT2D eigenvalue weighted by Gasteiger charge is 2.48. The number of likely N-dealkylation sites (tertiary alicyclic amines) is 1. The molecule has 2 aliphatic heterocycles. The molecule has 0 radical (unpaired) electrons. The van der Waals surface area contributed by atoms with Crippen LogP contribution in [0.5, 0.6) is 0 Å². The van der Waals surface area contributed by atoms with Crippen LogP contribution in [0, 0.1) is 5.92 Å². The number of nitrogens with zero attached hydrogens (tertiary/aromatic N) is 2. The van der Waals surface area contributed by atoms with Gasteiger partial charge in [-0.2, -0.15) is 4.31 Å². The summed E-state index contributed by atoms with van der Waals surface area (Å²) in [5, 5.41) is 0. The van der Waals surface area contributed by atoms with Crippen molar-refractivity contribution < 1.29 is 22.7 Å². The topological polar surface area (TPSA) is 84.0 Å². The number of halogens is 1. The van der Waals surface area contributed by atoms with Gasteiger partial charge in [0.1, 0.15) is 6.04 Å². The average Bonchev–Trinajstić information content (AvgIpc) is 3.41. The average molecular weight is 499 g/mol. The highest BCUT2D eigenvalue weighted by atomic mass is 79.9. The summed E-state index contributed by atoms with van der Waals surface area (Å²) in [5.74, 6) is -0.443. The zero-order valence-electron chi connectivity index (χ0n) is 17.0. The van der Waals surface area contributed by atoms with Crippen LogP contribution in [-0.4, -0.2) is 61.8 Å². The van der Waals surface area contributed by atoms with Crippen molar-refractivity contribution in [2.24, 2.45) is 5.92 Å². The number of carbonyl (C=O) groups is 2. The predicted molar refractivity (Wildman–Crippen MR) is 114 cm³/mol. The van der Waals surface area contributed by atoms with Gasteiger partial charge in [-0.3, -0.25) is 4.79 Å². The van der Waals surface area contributed by atoms with Crippen molar-refractivity contribution in [3.63, 3.8) is 0 Å². The van der Waals surface area contributed by atoms with Crippen molar-refractivity contribution in [1.82, 2.24) is 9.21 Å². The fourth-order valence-electron chi connectivity index (χ4n) is 5.14. The molecule has 1 amide bonds. The van der Waals surface area contributed by atoms with E-state index in [1.165, 1.54) is 23.5 Å². The van der Waals surface area contributed by atoms with E-state index < -0.39 is 22.0 Å². The molecule has 2 saturated heterocycles. The maximum absolute atomic E-state index is 13.6. The van der Waals surface area contributed by atoms with Crippen LogP contribution in [0.4, 0.5) is 0 Å². The van der Waals surface area contributed by atoms with Gasteiger partial charge in [0, 0.05) is 23.6 Å². The third kappa shape index (κ3) is 3.80. The third-order valence-corrected chi connectivity index (χ3v) is 9.25. The maximum Gasteiger partial charge on any atom is 0.328 e. The van der Waals surface area contributed by atoms with Crippen molar-refractivity contribution in [3.8, 4) is 0 Å². The number of esters is 1. The Labute approximate surface area is 185 Å². The van der Waals surface area contributed by atoms with Crippen molar-refractivity contribution >= 4 is 37.8 Å². The quantitative estimate of drug-likeness (QED) is 0.595. The molecule has 1 aromatic carbocycles. The molecule has 1 aromatic rings. The molecule has 3 unspecified atom stereocenters. The second kappa shape index (κ2) is 8.59. The number of hydrogen-bond donors (Lipinski definition) is 0. The minimum atomic E-state index is -3.64. The summed E-state index contributed by atoms with van der Waals surface area (Å²) in [6, 6.07) is 3.95. The molecule has 3 aliphatic rings. The van der Waals surface area contributed by atoms with Gasteiger partial charge in [-0.1, -0.05) is 12.8 Å². The molecule has 9 heteroatoms. The first-order chi connectivity index (χ1) is 14.3. The molecule has 3 atom stereocenters. The molecule has 0 spiro atoms. The number of ether oxygens (including phenoxy) is 1. The van der Waals surface area contributed by atoms with Gasteiger partial charge in [0.25, 0.3) is 5.91 Å². The molecule has 7 nitrogen and oxygen atoms in total. The molecule has 4 rings (SSSR count). The van der Waals surface area contributed by atoms with E-state index in [1.54, 1.807) is 11.0 Å². The van der Waals surface area contributed by atoms with Gasteiger partial charge in [0.05, 0.1) is 17.6 Å². The van der Waals surface area contributed by atoms with Crippen LogP contribution in [-0.2, 0) is 19.6 Å². The highest BCUT2D eigenvalue weighted by Crippen LogP contribution is 2.41. The first-order valence-corrected chi connectivity index (χ1v) is 12.8. The van der Waals surface area contributed by atoms with Gasteiger partial charge in [0.15, 0.2) is 0 Å². The minimum Gasteiger partial charge on any atom is -0.467 e. The van der Waals surface area contributed by atoms with E-state index in [4.69, 9.17) is 4.74 Å². The number of amides is 1. The fourth-order valence-corrected chi connectivity index (χ4v) is 7.10. The van der Waals surface area contributed by atoms with Gasteiger partial charge in [-0.15, -0.1) is 0 Å². The van der Waals surface area contributed by atoms with Gasteiger partial charge >= 0.3 is 5.97 Å². The first-order valence-electron chi connectivity index (χ1n) is 10.5. The Kier molecular flexibility index (Phi) is 6.23. The minimum absolute atomic E-state index is 0.0129. The molecule has 164 valence electrons. The van der Waals surface area contributed by atoms with Gasteiger partial charge < -0.3 is 9.64 Å². The van der Waals surface area contributed by atoms with Crippen LogP contribution < -0.4 is 0 Å². The van der Waals surface area contributed by atoms with Crippen LogP contribution in [0.25, 0.3) is 0 Å². The summed E-state index contributed by atoms with van der Waals surface area (Å²) < 4.78 is 33.0. The Balaban J connectivity index is 1.70. The van der Waals surface area contributed by atoms with Crippen LogP contribution in [0.2, 0.25) is 0 Å². The fraction of sp³-hybridized carbons (Fsp3) is 0.619. The molecule has 1 saturated carbocycles. The molecule has 2 heterocycles. The van der Waals surface area contributed by atoms with Crippen LogP contribution in [0.1, 0.15) is 55.3 Å². The number of sulfonamides is 1. The Hall–Kier alpha value is -1.45. The molecule has 0 bridgehead atoms. The Bertz CT molecular complexity index is 945. The molecular formula is C21H27BrN2O5S. The number of fused-ring (bicyclic) bond motifs is 1. The SMILES string of the molecule is COC(=O)C1CC2CCCCC2N1C(=O)c1cc(S(=O)(=O)N2CCCC2)ccc1Br. The standard InChI is InChI=1S/C21H27BrN2O5S/c1-29-21(26)19-12-14-6-2-3-7-18(14)24(19)20(25)16-13-15(8-9-17(16)22)30(27,28)23-10-4-5-11-23/h8-9,13-14,18-19H,2-7,10-12H2,1H3. The van der Waals surface area contributed by atoms with Gasteiger partial charge in [-0.25, -0.2) is 13.2 Å². The zero-order chi connectivity index (χ0) is 21.5. The Morgan fingerprint density at radius 3 is 2.50 bits per heavy atom. The molecular weight excluding hydrogens is 472 g/mol. The van der Waals surface area contributed by atoms with Crippen molar-refractivity contribution in [2.45, 2.75) is 61.9 Å². The van der Waals surface area contributed by atoms with Crippen molar-refractivity contribution in [3.05, 3.63) is 28.2 Å². The lowest BCUT2D eigenvalue weighted by molar-refractivity contribution is -0.145. The summed E-state index contributed by atoms with van der Waals surface area (Å²) >= 11 is 3.42. The first kappa shape index (κ1) is 21.8. The number of benzene rings is 1. The lowest BCUT2D eigenvalue weighted by atomic mass is 9.84.